The number of nitrogens with zero attached hydrogens (tertiary/aromatic N) is 4. The third kappa shape index (κ3) is 4.79. The van der Waals surface area contributed by atoms with Crippen molar-refractivity contribution in [1.82, 2.24) is 15.0 Å². The number of rotatable bonds is 6. The second-order valence-electron chi connectivity index (χ2n) is 7.91. The first-order valence-electron chi connectivity index (χ1n) is 10.5. The summed E-state index contributed by atoms with van der Waals surface area (Å²) < 4.78 is 5.47. The zero-order valence-electron chi connectivity index (χ0n) is 17.4. The summed E-state index contributed by atoms with van der Waals surface area (Å²) in [5.74, 6) is 0.680. The average molecular weight is 420 g/mol. The average Bonchev–Trinajstić information content (AvgIpc) is 3.26. The molecule has 4 rings (SSSR count). The zero-order chi connectivity index (χ0) is 21.8. The number of amides is 1. The molecule has 2 aromatic carbocycles. The summed E-state index contributed by atoms with van der Waals surface area (Å²) in [6.07, 6.45) is 5.11. The highest BCUT2D eigenvalue weighted by atomic mass is 16.6. The minimum Gasteiger partial charge on any atom is -0.337 e. The highest BCUT2D eigenvalue weighted by Crippen LogP contribution is 2.27. The maximum Gasteiger partial charge on any atom is 0.269 e. The standard InChI is InChI=1S/C23H24N4O4/c1-16-6-5-7-18(14-16)22-24-21(31-25-22)15-26(19-8-3-2-4-9-19)23(28)17-10-12-20(13-11-17)27(29)30/h5-7,10-14,19H,2-4,8-9,15H2,1H3. The smallest absolute Gasteiger partial charge is 0.269 e. The Bertz CT molecular complexity index is 1070. The normalized spacial score (nSPS) is 14.4. The molecule has 1 aliphatic rings. The summed E-state index contributed by atoms with van der Waals surface area (Å²) in [7, 11) is 0. The van der Waals surface area contributed by atoms with E-state index >= 15 is 0 Å². The monoisotopic (exact) mass is 420 g/mol. The quantitative estimate of drug-likeness (QED) is 0.414. The number of aromatic nitrogens is 2. The van der Waals surface area contributed by atoms with Gasteiger partial charge >= 0.3 is 0 Å². The predicted octanol–water partition coefficient (Wildman–Crippen LogP) is 4.93. The van der Waals surface area contributed by atoms with E-state index in [-0.39, 0.29) is 24.2 Å². The molecule has 0 aliphatic heterocycles. The Morgan fingerprint density at radius 1 is 1.16 bits per heavy atom. The molecule has 8 nitrogen and oxygen atoms in total. The van der Waals surface area contributed by atoms with Gasteiger partial charge in [-0.25, -0.2) is 0 Å². The van der Waals surface area contributed by atoms with Crippen LogP contribution < -0.4 is 0 Å². The van der Waals surface area contributed by atoms with E-state index in [0.29, 0.717) is 17.3 Å². The highest BCUT2D eigenvalue weighted by molar-refractivity contribution is 5.94. The molecule has 1 aliphatic carbocycles. The topological polar surface area (TPSA) is 102 Å². The van der Waals surface area contributed by atoms with E-state index in [4.69, 9.17) is 4.52 Å². The lowest BCUT2D eigenvalue weighted by atomic mass is 9.93. The van der Waals surface area contributed by atoms with Crippen LogP contribution in [0.3, 0.4) is 0 Å². The van der Waals surface area contributed by atoms with Crippen molar-refractivity contribution in [3.05, 3.63) is 75.7 Å². The molecular weight excluding hydrogens is 396 g/mol. The van der Waals surface area contributed by atoms with Gasteiger partial charge in [0.1, 0.15) is 6.54 Å². The molecule has 0 unspecified atom stereocenters. The molecule has 3 aromatic rings. The molecule has 1 heterocycles. The summed E-state index contributed by atoms with van der Waals surface area (Å²) in [6.45, 7) is 2.21. The number of nitro benzene ring substituents is 1. The first-order chi connectivity index (χ1) is 15.0. The van der Waals surface area contributed by atoms with Crippen LogP contribution in [-0.2, 0) is 6.54 Å². The van der Waals surface area contributed by atoms with Crippen LogP contribution in [0.2, 0.25) is 0 Å². The molecule has 1 amide bonds. The van der Waals surface area contributed by atoms with Crippen LogP contribution in [0.15, 0.2) is 53.1 Å². The lowest BCUT2D eigenvalue weighted by molar-refractivity contribution is -0.384. The van der Waals surface area contributed by atoms with Gasteiger partial charge in [-0.3, -0.25) is 14.9 Å². The Kier molecular flexibility index (Phi) is 6.06. The fraction of sp³-hybridized carbons (Fsp3) is 0.348. The molecule has 1 fully saturated rings. The van der Waals surface area contributed by atoms with E-state index in [0.717, 1.165) is 43.2 Å². The van der Waals surface area contributed by atoms with E-state index < -0.39 is 4.92 Å². The number of nitro groups is 1. The van der Waals surface area contributed by atoms with Gasteiger partial charge in [-0.15, -0.1) is 0 Å². The number of non-ortho nitro benzene ring substituents is 1. The molecule has 0 atom stereocenters. The SMILES string of the molecule is Cc1cccc(-c2noc(CN(C(=O)c3ccc([N+](=O)[O-])cc3)C3CCCCC3)n2)c1. The fourth-order valence-corrected chi connectivity index (χ4v) is 4.02. The van der Waals surface area contributed by atoms with Gasteiger partial charge in [-0.05, 0) is 38.0 Å². The largest absolute Gasteiger partial charge is 0.337 e. The molecule has 0 saturated heterocycles. The van der Waals surface area contributed by atoms with Gasteiger partial charge in [-0.2, -0.15) is 4.98 Å². The van der Waals surface area contributed by atoms with E-state index in [1.54, 1.807) is 4.90 Å². The number of hydrogen-bond acceptors (Lipinski definition) is 6. The zero-order valence-corrected chi connectivity index (χ0v) is 17.4. The Labute approximate surface area is 180 Å². The number of carbonyl (C=O) groups excluding carboxylic acids is 1. The summed E-state index contributed by atoms with van der Waals surface area (Å²) >= 11 is 0. The van der Waals surface area contributed by atoms with Crippen molar-refractivity contribution >= 4 is 11.6 Å². The predicted molar refractivity (Wildman–Crippen MR) is 114 cm³/mol. The molecule has 160 valence electrons. The van der Waals surface area contributed by atoms with Crippen LogP contribution in [-0.4, -0.2) is 31.9 Å². The van der Waals surface area contributed by atoms with E-state index in [9.17, 15) is 14.9 Å². The molecule has 1 saturated carbocycles. The third-order valence-electron chi connectivity index (χ3n) is 5.65. The maximum absolute atomic E-state index is 13.3. The lowest BCUT2D eigenvalue weighted by Crippen LogP contribution is -2.41. The van der Waals surface area contributed by atoms with Gasteiger partial charge in [0.15, 0.2) is 0 Å². The molecular formula is C23H24N4O4. The number of aryl methyl sites for hydroxylation is 1. The van der Waals surface area contributed by atoms with Crippen molar-refractivity contribution in [2.75, 3.05) is 0 Å². The van der Waals surface area contributed by atoms with Crippen LogP contribution >= 0.6 is 0 Å². The Morgan fingerprint density at radius 2 is 1.90 bits per heavy atom. The van der Waals surface area contributed by atoms with Crippen LogP contribution in [0.5, 0.6) is 0 Å². The van der Waals surface area contributed by atoms with Crippen molar-refractivity contribution in [3.63, 3.8) is 0 Å². The first kappa shape index (κ1) is 20.7. The van der Waals surface area contributed by atoms with Crippen molar-refractivity contribution in [3.8, 4) is 11.4 Å². The summed E-state index contributed by atoms with van der Waals surface area (Å²) in [5.41, 5.74) is 2.33. The number of carbonyl (C=O) groups is 1. The maximum atomic E-state index is 13.3. The van der Waals surface area contributed by atoms with Gasteiger partial charge in [0.2, 0.25) is 11.7 Å². The Hall–Kier alpha value is -3.55. The summed E-state index contributed by atoms with van der Waals surface area (Å²) in [5, 5.41) is 15.0. The minimum absolute atomic E-state index is 0.0412. The van der Waals surface area contributed by atoms with Crippen molar-refractivity contribution in [2.24, 2.45) is 0 Å². The molecule has 1 aromatic heterocycles. The molecule has 31 heavy (non-hydrogen) atoms. The second-order valence-corrected chi connectivity index (χ2v) is 7.91. The lowest BCUT2D eigenvalue weighted by Gasteiger charge is -2.33. The van der Waals surface area contributed by atoms with Crippen LogP contribution in [0.25, 0.3) is 11.4 Å². The van der Waals surface area contributed by atoms with Gasteiger partial charge in [-0.1, -0.05) is 48.2 Å². The molecule has 0 spiro atoms. The Balaban J connectivity index is 1.58. The van der Waals surface area contributed by atoms with Crippen LogP contribution in [0.4, 0.5) is 5.69 Å². The molecule has 0 N–H and O–H groups in total. The van der Waals surface area contributed by atoms with Crippen molar-refractivity contribution in [2.45, 2.75) is 51.6 Å². The molecule has 0 radical (unpaired) electrons. The first-order valence-corrected chi connectivity index (χ1v) is 10.5. The molecule has 8 heteroatoms. The van der Waals surface area contributed by atoms with Crippen molar-refractivity contribution < 1.29 is 14.2 Å². The highest BCUT2D eigenvalue weighted by Gasteiger charge is 2.28. The van der Waals surface area contributed by atoms with Gasteiger partial charge < -0.3 is 9.42 Å². The molecule has 0 bridgehead atoms. The summed E-state index contributed by atoms with van der Waals surface area (Å²) in [6, 6.07) is 13.6. The fourth-order valence-electron chi connectivity index (χ4n) is 4.02. The second kappa shape index (κ2) is 9.07. The van der Waals surface area contributed by atoms with Crippen LogP contribution in [0, 0.1) is 17.0 Å². The number of benzene rings is 2. The third-order valence-corrected chi connectivity index (χ3v) is 5.65. The van der Waals surface area contributed by atoms with E-state index in [1.165, 1.54) is 24.3 Å². The summed E-state index contributed by atoms with van der Waals surface area (Å²) in [4.78, 5) is 30.1. The van der Waals surface area contributed by atoms with E-state index in [2.05, 4.69) is 10.1 Å². The van der Waals surface area contributed by atoms with Gasteiger partial charge in [0, 0.05) is 29.3 Å². The van der Waals surface area contributed by atoms with Gasteiger partial charge in [0.25, 0.3) is 11.6 Å². The van der Waals surface area contributed by atoms with E-state index in [1.807, 2.05) is 31.2 Å². The van der Waals surface area contributed by atoms with Crippen molar-refractivity contribution in [1.29, 1.82) is 0 Å². The number of hydrogen-bond donors (Lipinski definition) is 0. The minimum atomic E-state index is -0.474. The van der Waals surface area contributed by atoms with Gasteiger partial charge in [0.05, 0.1) is 4.92 Å². The Morgan fingerprint density at radius 3 is 2.58 bits per heavy atom. The van der Waals surface area contributed by atoms with Crippen LogP contribution in [0.1, 0.15) is 53.9 Å².